The van der Waals surface area contributed by atoms with E-state index in [1.165, 1.54) is 17.1 Å². The molecule has 1 aliphatic heterocycles. The van der Waals surface area contributed by atoms with E-state index in [0.29, 0.717) is 5.71 Å². The van der Waals surface area contributed by atoms with Gasteiger partial charge in [-0.15, -0.1) is 0 Å². The van der Waals surface area contributed by atoms with Gasteiger partial charge in [0.25, 0.3) is 5.82 Å². The van der Waals surface area contributed by atoms with Crippen molar-refractivity contribution in [1.82, 2.24) is 14.4 Å². The Morgan fingerprint density at radius 3 is 2.61 bits per heavy atom. The van der Waals surface area contributed by atoms with Crippen LogP contribution >= 0.6 is 0 Å². The minimum Gasteiger partial charge on any atom is -0.436 e. The van der Waals surface area contributed by atoms with Crippen molar-refractivity contribution in [3.8, 4) is 5.69 Å². The Hall–Kier alpha value is -3.28. The number of aromatic nitrogens is 3. The summed E-state index contributed by atoms with van der Waals surface area (Å²) >= 11 is 0. The Balaban J connectivity index is 1.69. The van der Waals surface area contributed by atoms with Crippen LogP contribution in [0.3, 0.4) is 0 Å². The van der Waals surface area contributed by atoms with Crippen molar-refractivity contribution in [3.63, 3.8) is 0 Å². The van der Waals surface area contributed by atoms with Gasteiger partial charge in [-0.2, -0.15) is 0 Å². The largest absolute Gasteiger partial charge is 0.436 e. The SMILES string of the molecule is Cc1ccc2c3c(oc2n1)=CN(C)B(c1c[n+](-c2ccccc2)c(C)n1C)C=3. The Labute approximate surface area is 163 Å². The van der Waals surface area contributed by atoms with Crippen molar-refractivity contribution in [2.24, 2.45) is 7.05 Å². The number of pyridine rings is 1. The molecule has 0 N–H and O–H groups in total. The molecule has 0 amide bonds. The van der Waals surface area contributed by atoms with Gasteiger partial charge in [-0.05, 0) is 38.2 Å². The normalized spacial score (nSPS) is 13.4. The lowest BCUT2D eigenvalue weighted by atomic mass is 9.56. The van der Waals surface area contributed by atoms with Crippen LogP contribution in [-0.2, 0) is 7.05 Å². The van der Waals surface area contributed by atoms with E-state index in [1.54, 1.807) is 0 Å². The fourth-order valence-corrected chi connectivity index (χ4v) is 4.00. The van der Waals surface area contributed by atoms with E-state index in [1.807, 2.05) is 19.1 Å². The van der Waals surface area contributed by atoms with Crippen LogP contribution in [-0.4, -0.2) is 28.3 Å². The van der Waals surface area contributed by atoms with Crippen LogP contribution in [0.4, 0.5) is 0 Å². The topological polar surface area (TPSA) is 38.1 Å². The lowest BCUT2D eigenvalue weighted by Crippen LogP contribution is -2.50. The molecule has 0 unspecified atom stereocenters. The third kappa shape index (κ3) is 2.48. The summed E-state index contributed by atoms with van der Waals surface area (Å²) < 4.78 is 10.5. The first-order valence-electron chi connectivity index (χ1n) is 9.48. The molecule has 28 heavy (non-hydrogen) atoms. The average Bonchev–Trinajstić information content (AvgIpc) is 3.18. The van der Waals surface area contributed by atoms with Crippen LogP contribution in [0, 0.1) is 13.8 Å². The highest BCUT2D eigenvalue weighted by Crippen LogP contribution is 2.10. The maximum absolute atomic E-state index is 6.00. The molecule has 0 saturated carbocycles. The third-order valence-corrected chi connectivity index (χ3v) is 5.67. The number of aryl methyl sites for hydroxylation is 1. The van der Waals surface area contributed by atoms with Gasteiger partial charge < -0.3 is 9.23 Å². The maximum atomic E-state index is 6.00. The first-order valence-corrected chi connectivity index (χ1v) is 9.48. The average molecular weight is 369 g/mol. The van der Waals surface area contributed by atoms with Gasteiger partial charge in [-0.1, -0.05) is 24.2 Å². The van der Waals surface area contributed by atoms with Crippen molar-refractivity contribution in [2.45, 2.75) is 13.8 Å². The number of fused-ring (bicyclic) bond motifs is 3. The fourth-order valence-electron chi connectivity index (χ4n) is 4.00. The number of nitrogens with zero attached hydrogens (tertiary/aromatic N) is 4. The Morgan fingerprint density at radius 2 is 1.82 bits per heavy atom. The van der Waals surface area contributed by atoms with Crippen molar-refractivity contribution >= 4 is 35.7 Å². The van der Waals surface area contributed by atoms with Gasteiger partial charge >= 0.3 is 6.85 Å². The molecule has 4 heterocycles. The van der Waals surface area contributed by atoms with Crippen molar-refractivity contribution in [2.75, 3.05) is 7.05 Å². The molecule has 0 atom stereocenters. The van der Waals surface area contributed by atoms with Crippen molar-refractivity contribution in [3.05, 3.63) is 70.8 Å². The van der Waals surface area contributed by atoms with E-state index in [2.05, 4.69) is 88.7 Å². The summed E-state index contributed by atoms with van der Waals surface area (Å²) in [6.45, 7) is 4.25. The smallest absolute Gasteiger partial charge is 0.368 e. The van der Waals surface area contributed by atoms with Crippen LogP contribution in [0.5, 0.6) is 0 Å². The van der Waals surface area contributed by atoms with Crippen molar-refractivity contribution < 1.29 is 8.98 Å². The number of hydrogen-bond donors (Lipinski definition) is 0. The summed E-state index contributed by atoms with van der Waals surface area (Å²) in [4.78, 5) is 6.74. The molecule has 4 aromatic rings. The molecular weight excluding hydrogens is 347 g/mol. The number of rotatable bonds is 2. The minimum atomic E-state index is 0.114. The number of benzene rings is 1. The molecule has 0 spiro atoms. The van der Waals surface area contributed by atoms with E-state index < -0.39 is 0 Å². The molecule has 3 aromatic heterocycles. The second kappa shape index (κ2) is 6.13. The molecule has 0 bridgehead atoms. The molecule has 138 valence electrons. The van der Waals surface area contributed by atoms with Gasteiger partial charge in [0, 0.05) is 29.4 Å². The predicted molar refractivity (Wildman–Crippen MR) is 112 cm³/mol. The van der Waals surface area contributed by atoms with Gasteiger partial charge in [-0.3, -0.25) is 0 Å². The van der Waals surface area contributed by atoms with Gasteiger partial charge in [0.15, 0.2) is 5.42 Å². The van der Waals surface area contributed by atoms with E-state index in [9.17, 15) is 0 Å². The molecule has 6 heteroatoms. The Kier molecular flexibility index (Phi) is 3.69. The summed E-state index contributed by atoms with van der Waals surface area (Å²) in [7, 11) is 4.21. The molecular formula is C22H22BN4O+. The number of furan rings is 1. The first kappa shape index (κ1) is 16.9. The lowest BCUT2D eigenvalue weighted by molar-refractivity contribution is -0.601. The van der Waals surface area contributed by atoms with Crippen LogP contribution in [0.1, 0.15) is 11.5 Å². The van der Waals surface area contributed by atoms with Gasteiger partial charge in [0.1, 0.15) is 17.5 Å². The first-order chi connectivity index (χ1) is 13.5. The molecule has 0 fully saturated rings. The third-order valence-electron chi connectivity index (χ3n) is 5.67. The highest BCUT2D eigenvalue weighted by Gasteiger charge is 2.32. The van der Waals surface area contributed by atoms with Crippen LogP contribution < -0.4 is 20.8 Å². The molecule has 5 nitrogen and oxygen atoms in total. The molecule has 0 saturated heterocycles. The number of para-hydroxylation sites is 1. The van der Waals surface area contributed by atoms with Crippen LogP contribution in [0.15, 0.2) is 53.1 Å². The minimum absolute atomic E-state index is 0.114. The number of hydrogen-bond acceptors (Lipinski definition) is 3. The molecule has 1 aliphatic rings. The molecule has 0 radical (unpaired) electrons. The quantitative estimate of drug-likeness (QED) is 0.390. The van der Waals surface area contributed by atoms with Gasteiger partial charge in [0.05, 0.1) is 7.05 Å². The zero-order valence-electron chi connectivity index (χ0n) is 16.5. The Bertz CT molecular complexity index is 1320. The van der Waals surface area contributed by atoms with E-state index in [0.717, 1.165) is 21.7 Å². The van der Waals surface area contributed by atoms with Crippen molar-refractivity contribution in [1.29, 1.82) is 0 Å². The maximum Gasteiger partial charge on any atom is 0.368 e. The second-order valence-corrected chi connectivity index (χ2v) is 7.46. The Morgan fingerprint density at radius 1 is 1.04 bits per heavy atom. The van der Waals surface area contributed by atoms with Crippen LogP contribution in [0.2, 0.25) is 0 Å². The van der Waals surface area contributed by atoms with Gasteiger partial charge in [0.2, 0.25) is 5.71 Å². The highest BCUT2D eigenvalue weighted by atomic mass is 16.3. The summed E-state index contributed by atoms with van der Waals surface area (Å²) in [5.74, 6) is 3.46. The molecule has 1 aromatic carbocycles. The standard InChI is InChI=1S/C22H22BN4O/c1-15-10-11-18-19-12-23(25(3)13-20(19)28-22(18)24-15)21-14-27(16(2)26(21)4)17-8-6-5-7-9-17/h5-14H,1-4H3/q+1. The van der Waals surface area contributed by atoms with E-state index in [-0.39, 0.29) is 6.85 Å². The predicted octanol–water partition coefficient (Wildman–Crippen LogP) is 0.962. The second-order valence-electron chi connectivity index (χ2n) is 7.46. The van der Waals surface area contributed by atoms with E-state index in [4.69, 9.17) is 4.42 Å². The molecule has 0 aliphatic carbocycles. The fraction of sp³-hybridized carbons (Fsp3) is 0.182. The zero-order valence-corrected chi connectivity index (χ0v) is 16.5. The van der Waals surface area contributed by atoms with Gasteiger partial charge in [-0.25, -0.2) is 14.1 Å². The van der Waals surface area contributed by atoms with E-state index >= 15 is 0 Å². The summed E-state index contributed by atoms with van der Waals surface area (Å²) in [6.07, 6.45) is 4.30. The number of imidazole rings is 1. The summed E-state index contributed by atoms with van der Waals surface area (Å²) in [6, 6.07) is 14.6. The van der Waals surface area contributed by atoms with Crippen LogP contribution in [0.25, 0.3) is 29.0 Å². The molecule has 5 rings (SSSR count). The summed E-state index contributed by atoms with van der Waals surface area (Å²) in [5.41, 5.74) is 4.92. The summed E-state index contributed by atoms with van der Waals surface area (Å²) in [5, 5.41) is 2.19. The highest BCUT2D eigenvalue weighted by molar-refractivity contribution is 6.83. The zero-order chi connectivity index (χ0) is 19.4. The lowest BCUT2D eigenvalue weighted by Gasteiger charge is -2.20. The monoisotopic (exact) mass is 369 g/mol.